The lowest BCUT2D eigenvalue weighted by molar-refractivity contribution is -0.138. The predicted molar refractivity (Wildman–Crippen MR) is 82.9 cm³/mol. The highest BCUT2D eigenvalue weighted by molar-refractivity contribution is 6.25. The molecule has 23 heavy (non-hydrogen) atoms. The molecule has 1 heterocycles. The minimum atomic E-state index is -0.705. The number of methoxy groups -OCH3 is 1. The van der Waals surface area contributed by atoms with E-state index in [4.69, 9.17) is 4.74 Å². The van der Waals surface area contributed by atoms with E-state index in [2.05, 4.69) is 0 Å². The molecule has 0 spiro atoms. The van der Waals surface area contributed by atoms with Crippen LogP contribution in [0.25, 0.3) is 0 Å². The lowest BCUT2D eigenvalue weighted by atomic mass is 9.68. The zero-order chi connectivity index (χ0) is 16.6. The Kier molecular flexibility index (Phi) is 2.64. The Morgan fingerprint density at radius 1 is 1.09 bits per heavy atom. The van der Waals surface area contributed by atoms with Crippen molar-refractivity contribution in [3.8, 4) is 5.75 Å². The molecule has 2 amide bonds. The number of carbonyl (C=O) groups is 3. The minimum absolute atomic E-state index is 0.115. The van der Waals surface area contributed by atoms with Crippen molar-refractivity contribution in [2.24, 2.45) is 22.7 Å². The molecule has 0 N–H and O–H groups in total. The van der Waals surface area contributed by atoms with Gasteiger partial charge in [-0.25, -0.2) is 4.90 Å². The van der Waals surface area contributed by atoms with Gasteiger partial charge < -0.3 is 4.74 Å². The van der Waals surface area contributed by atoms with Gasteiger partial charge in [-0.05, 0) is 24.0 Å². The summed E-state index contributed by atoms with van der Waals surface area (Å²) in [6.45, 7) is 3.82. The third-order valence-electron chi connectivity index (χ3n) is 6.04. The second kappa shape index (κ2) is 4.22. The van der Waals surface area contributed by atoms with Crippen molar-refractivity contribution in [3.05, 3.63) is 24.3 Å². The highest BCUT2D eigenvalue weighted by Crippen LogP contribution is 2.68. The Morgan fingerprint density at radius 3 is 2.43 bits per heavy atom. The van der Waals surface area contributed by atoms with Crippen LogP contribution < -0.4 is 9.64 Å². The third-order valence-corrected chi connectivity index (χ3v) is 6.04. The number of rotatable bonds is 2. The molecular formula is C18H19NO4. The summed E-state index contributed by atoms with van der Waals surface area (Å²) in [6.07, 6.45) is 1.02. The summed E-state index contributed by atoms with van der Waals surface area (Å²) in [7, 11) is 1.51. The number of hydrogen-bond acceptors (Lipinski definition) is 4. The number of imide groups is 1. The molecule has 0 unspecified atom stereocenters. The van der Waals surface area contributed by atoms with Gasteiger partial charge in [0.2, 0.25) is 11.8 Å². The predicted octanol–water partition coefficient (Wildman–Crippen LogP) is 2.19. The van der Waals surface area contributed by atoms with Crippen LogP contribution in [-0.2, 0) is 14.4 Å². The van der Waals surface area contributed by atoms with Gasteiger partial charge in [-0.1, -0.05) is 26.0 Å². The number of hydrogen-bond donors (Lipinski definition) is 0. The molecule has 0 aromatic heterocycles. The molecule has 4 rings (SSSR count). The topological polar surface area (TPSA) is 63.7 Å². The molecule has 0 radical (unpaired) electrons. The summed E-state index contributed by atoms with van der Waals surface area (Å²) in [5.41, 5.74) is -0.637. The third kappa shape index (κ3) is 1.55. The first-order valence-corrected chi connectivity index (χ1v) is 7.88. The number of benzene rings is 1. The lowest BCUT2D eigenvalue weighted by Crippen LogP contribution is -2.40. The maximum Gasteiger partial charge on any atom is 0.238 e. The summed E-state index contributed by atoms with van der Waals surface area (Å²) >= 11 is 0. The van der Waals surface area contributed by atoms with Gasteiger partial charge in [-0.3, -0.25) is 14.4 Å². The fourth-order valence-corrected chi connectivity index (χ4v) is 5.14. The highest BCUT2D eigenvalue weighted by Gasteiger charge is 2.74. The van der Waals surface area contributed by atoms with Crippen molar-refractivity contribution in [1.82, 2.24) is 0 Å². The Hall–Kier alpha value is -2.17. The van der Waals surface area contributed by atoms with Gasteiger partial charge in [-0.15, -0.1) is 0 Å². The summed E-state index contributed by atoms with van der Waals surface area (Å²) < 4.78 is 5.30. The summed E-state index contributed by atoms with van der Waals surface area (Å²) in [5, 5.41) is 0. The van der Waals surface area contributed by atoms with Crippen LogP contribution in [0.4, 0.5) is 5.69 Å². The molecule has 4 atom stereocenters. The normalized spacial score (nSPS) is 38.4. The van der Waals surface area contributed by atoms with Crippen molar-refractivity contribution >= 4 is 23.3 Å². The van der Waals surface area contributed by atoms with E-state index < -0.39 is 22.7 Å². The van der Waals surface area contributed by atoms with E-state index in [-0.39, 0.29) is 17.6 Å². The fraction of sp³-hybridized carbons (Fsp3) is 0.500. The number of carbonyl (C=O) groups excluding carboxylic acids is 3. The molecule has 5 nitrogen and oxygen atoms in total. The van der Waals surface area contributed by atoms with E-state index in [9.17, 15) is 14.4 Å². The van der Waals surface area contributed by atoms with E-state index in [1.165, 1.54) is 12.0 Å². The smallest absolute Gasteiger partial charge is 0.238 e. The highest BCUT2D eigenvalue weighted by atomic mass is 16.5. The van der Waals surface area contributed by atoms with Crippen LogP contribution in [0.15, 0.2) is 24.3 Å². The van der Waals surface area contributed by atoms with Crippen molar-refractivity contribution in [1.29, 1.82) is 0 Å². The average Bonchev–Trinajstić information content (AvgIpc) is 3.01. The molecule has 1 saturated heterocycles. The van der Waals surface area contributed by atoms with E-state index >= 15 is 0 Å². The maximum atomic E-state index is 13.0. The second-order valence-electron chi connectivity index (χ2n) is 7.49. The van der Waals surface area contributed by atoms with Gasteiger partial charge in [0.15, 0.2) is 0 Å². The molecule has 2 aliphatic carbocycles. The molecule has 2 bridgehead atoms. The van der Waals surface area contributed by atoms with E-state index in [1.807, 2.05) is 13.8 Å². The molecule has 5 heteroatoms. The fourth-order valence-electron chi connectivity index (χ4n) is 5.14. The standard InChI is InChI=1S/C18H19NO4/c1-17-8-12(20)18(2,9-17)14-13(17)15(21)19(16(14)22)10-6-4-5-7-11(10)23-3/h4-7,13-14H,8-9H2,1-3H3/t13-,14-,17+,18+/m1/s1. The quantitative estimate of drug-likeness (QED) is 0.785. The lowest BCUT2D eigenvalue weighted by Gasteiger charge is -2.30. The van der Waals surface area contributed by atoms with Gasteiger partial charge in [-0.2, -0.15) is 0 Å². The van der Waals surface area contributed by atoms with Gasteiger partial charge in [0, 0.05) is 11.8 Å². The van der Waals surface area contributed by atoms with Gasteiger partial charge in [0.05, 0.1) is 24.6 Å². The van der Waals surface area contributed by atoms with Crippen LogP contribution in [0.3, 0.4) is 0 Å². The molecule has 3 aliphatic rings. The Balaban J connectivity index is 1.84. The number of Topliss-reactive ketones (excluding diaryl/α,β-unsaturated/α-hetero) is 1. The number of para-hydroxylation sites is 2. The number of amides is 2. The number of ether oxygens (including phenoxy) is 1. The SMILES string of the molecule is COc1ccccc1N1C(=O)[C@H]2[C@H](C1=O)[C@@]1(C)C[C@]2(C)CC1=O. The van der Waals surface area contributed by atoms with Gasteiger partial charge >= 0.3 is 0 Å². The van der Waals surface area contributed by atoms with Crippen LogP contribution in [0.1, 0.15) is 26.7 Å². The zero-order valence-corrected chi connectivity index (χ0v) is 13.5. The van der Waals surface area contributed by atoms with E-state index in [0.29, 0.717) is 24.3 Å². The summed E-state index contributed by atoms with van der Waals surface area (Å²) in [5.74, 6) is -0.784. The number of fused-ring (bicyclic) bond motifs is 5. The first kappa shape index (κ1) is 14.4. The molecule has 2 saturated carbocycles. The maximum absolute atomic E-state index is 13.0. The van der Waals surface area contributed by atoms with Crippen molar-refractivity contribution in [2.45, 2.75) is 26.7 Å². The first-order valence-electron chi connectivity index (χ1n) is 7.88. The molecule has 1 aromatic rings. The zero-order valence-electron chi connectivity index (χ0n) is 13.5. The van der Waals surface area contributed by atoms with E-state index in [1.54, 1.807) is 24.3 Å². The molecule has 3 fully saturated rings. The molecule has 1 aromatic carbocycles. The van der Waals surface area contributed by atoms with Crippen molar-refractivity contribution < 1.29 is 19.1 Å². The van der Waals surface area contributed by atoms with Crippen LogP contribution in [0.5, 0.6) is 5.75 Å². The Bertz CT molecular complexity index is 757. The van der Waals surface area contributed by atoms with Crippen LogP contribution in [0.2, 0.25) is 0 Å². The van der Waals surface area contributed by atoms with Crippen molar-refractivity contribution in [2.75, 3.05) is 12.0 Å². The first-order chi connectivity index (χ1) is 10.8. The van der Waals surface area contributed by atoms with Crippen molar-refractivity contribution in [3.63, 3.8) is 0 Å². The largest absolute Gasteiger partial charge is 0.495 e. The summed E-state index contributed by atoms with van der Waals surface area (Å²) in [4.78, 5) is 39.7. The van der Waals surface area contributed by atoms with Gasteiger partial charge in [0.25, 0.3) is 0 Å². The molecular weight excluding hydrogens is 294 g/mol. The minimum Gasteiger partial charge on any atom is -0.495 e. The average molecular weight is 313 g/mol. The monoisotopic (exact) mass is 313 g/mol. The van der Waals surface area contributed by atoms with E-state index in [0.717, 1.165) is 0 Å². The van der Waals surface area contributed by atoms with Crippen LogP contribution >= 0.6 is 0 Å². The Labute approximate surface area is 134 Å². The molecule has 1 aliphatic heterocycles. The van der Waals surface area contributed by atoms with Crippen LogP contribution in [0, 0.1) is 22.7 Å². The van der Waals surface area contributed by atoms with Gasteiger partial charge in [0.1, 0.15) is 11.5 Å². The number of anilines is 1. The second-order valence-corrected chi connectivity index (χ2v) is 7.49. The Morgan fingerprint density at radius 2 is 1.74 bits per heavy atom. The molecule has 120 valence electrons. The summed E-state index contributed by atoms with van der Waals surface area (Å²) in [6, 6.07) is 7.01. The number of nitrogens with zero attached hydrogens (tertiary/aromatic N) is 1. The number of ketones is 1. The van der Waals surface area contributed by atoms with Crippen LogP contribution in [-0.4, -0.2) is 24.7 Å².